The van der Waals surface area contributed by atoms with Gasteiger partial charge in [0.25, 0.3) is 0 Å². The van der Waals surface area contributed by atoms with Gasteiger partial charge in [0.15, 0.2) is 0 Å². The van der Waals surface area contributed by atoms with Gasteiger partial charge < -0.3 is 10.6 Å². The van der Waals surface area contributed by atoms with Crippen LogP contribution in [0.5, 0.6) is 0 Å². The molecule has 1 saturated carbocycles. The Morgan fingerprint density at radius 3 is 2.18 bits per heavy atom. The number of amides is 1. The van der Waals surface area contributed by atoms with Crippen molar-refractivity contribution in [1.82, 2.24) is 30.4 Å². The van der Waals surface area contributed by atoms with Gasteiger partial charge in [0.05, 0.1) is 12.1 Å². The van der Waals surface area contributed by atoms with Gasteiger partial charge in [0.1, 0.15) is 33.5 Å². The van der Waals surface area contributed by atoms with Gasteiger partial charge in [-0.25, -0.2) is 9.97 Å². The largest absolute Gasteiger partial charge is 0.360 e. The first-order chi connectivity index (χ1) is 19.1. The van der Waals surface area contributed by atoms with E-state index in [0.29, 0.717) is 35.4 Å². The van der Waals surface area contributed by atoms with Crippen LogP contribution in [-0.4, -0.2) is 42.8 Å². The molecule has 2 unspecified atom stereocenters. The Balaban J connectivity index is 1.13. The first kappa shape index (κ1) is 26.3. The molecule has 1 fully saturated rings. The molecule has 0 radical (unpaired) electrons. The molecule has 2 atom stereocenters. The monoisotopic (exact) mass is 556 g/mol. The highest BCUT2D eigenvalue weighted by Crippen LogP contribution is 2.43. The van der Waals surface area contributed by atoms with E-state index >= 15 is 0 Å². The van der Waals surface area contributed by atoms with Crippen molar-refractivity contribution in [3.05, 3.63) is 69.2 Å². The number of nitriles is 2. The molecule has 11 nitrogen and oxygen atoms in total. The molecule has 1 aliphatic carbocycles. The summed E-state index contributed by atoms with van der Waals surface area (Å²) in [4.78, 5) is 20.9. The molecule has 13 heteroatoms. The number of carbonyl (C=O) groups excluding carboxylic acids is 1. The minimum atomic E-state index is -0.246. The normalized spacial score (nSPS) is 16.7. The van der Waals surface area contributed by atoms with Crippen LogP contribution in [0.3, 0.4) is 0 Å². The van der Waals surface area contributed by atoms with Crippen molar-refractivity contribution in [3.63, 3.8) is 0 Å². The minimum Gasteiger partial charge on any atom is -0.360 e. The predicted octanol–water partition coefficient (Wildman–Crippen LogP) is 4.20. The number of carbonyl (C=O) groups is 1. The van der Waals surface area contributed by atoms with Gasteiger partial charge in [0, 0.05) is 30.5 Å². The third kappa shape index (κ3) is 6.96. The summed E-state index contributed by atoms with van der Waals surface area (Å²) in [7, 11) is 0. The summed E-state index contributed by atoms with van der Waals surface area (Å²) >= 11 is 2.98. The van der Waals surface area contributed by atoms with Gasteiger partial charge in [0.2, 0.25) is 16.2 Å². The maximum atomic E-state index is 12.5. The SMILES string of the molecule is N#Cc1cccc(CCNc2nnc(C3CCCC(c4nnc(NC(=O)Cc5cccc(C#N)n5)s4)C3)s2)n1. The molecule has 5 rings (SSSR count). The Morgan fingerprint density at radius 2 is 1.49 bits per heavy atom. The van der Waals surface area contributed by atoms with E-state index in [4.69, 9.17) is 10.5 Å². The zero-order chi connectivity index (χ0) is 27.0. The van der Waals surface area contributed by atoms with Gasteiger partial charge in [-0.05, 0) is 43.5 Å². The van der Waals surface area contributed by atoms with Gasteiger partial charge in [-0.2, -0.15) is 10.5 Å². The second-order valence-electron chi connectivity index (χ2n) is 9.11. The average molecular weight is 557 g/mol. The van der Waals surface area contributed by atoms with Crippen molar-refractivity contribution in [2.75, 3.05) is 17.2 Å². The molecule has 4 heterocycles. The summed E-state index contributed by atoms with van der Waals surface area (Å²) in [6.07, 6.45) is 4.78. The Hall–Kier alpha value is -4.33. The van der Waals surface area contributed by atoms with Crippen molar-refractivity contribution in [1.29, 1.82) is 10.5 Å². The third-order valence-corrected chi connectivity index (χ3v) is 8.39. The fourth-order valence-corrected chi connectivity index (χ4v) is 6.33. The van der Waals surface area contributed by atoms with E-state index in [1.54, 1.807) is 35.6 Å². The standard InChI is InChI=1S/C26H24N10OS2/c27-14-20-8-2-6-18(30-20)10-11-29-25-35-33-23(38-25)16-4-1-5-17(12-16)24-34-36-26(39-24)32-22(37)13-19-7-3-9-21(15-28)31-19/h2-3,6-9,16-17H,1,4-5,10-13H2,(H,29,35)(H,32,36,37). The second-order valence-corrected chi connectivity index (χ2v) is 11.1. The van der Waals surface area contributed by atoms with Gasteiger partial charge in [-0.15, -0.1) is 20.4 Å². The van der Waals surface area contributed by atoms with E-state index in [0.717, 1.165) is 46.5 Å². The molecule has 39 heavy (non-hydrogen) atoms. The van der Waals surface area contributed by atoms with Crippen molar-refractivity contribution < 1.29 is 4.79 Å². The zero-order valence-electron chi connectivity index (χ0n) is 20.9. The molecule has 0 aliphatic heterocycles. The second kappa shape index (κ2) is 12.5. The van der Waals surface area contributed by atoms with Gasteiger partial charge >= 0.3 is 0 Å². The summed E-state index contributed by atoms with van der Waals surface area (Å²) in [6, 6.07) is 14.5. The lowest BCUT2D eigenvalue weighted by Gasteiger charge is -2.25. The van der Waals surface area contributed by atoms with Crippen LogP contribution in [-0.2, 0) is 17.6 Å². The van der Waals surface area contributed by atoms with E-state index in [2.05, 4.69) is 47.1 Å². The van der Waals surface area contributed by atoms with E-state index in [-0.39, 0.29) is 23.9 Å². The molecular formula is C26H24N10OS2. The van der Waals surface area contributed by atoms with Crippen molar-refractivity contribution in [2.24, 2.45) is 0 Å². The smallest absolute Gasteiger partial charge is 0.232 e. The molecule has 1 amide bonds. The maximum Gasteiger partial charge on any atom is 0.232 e. The minimum absolute atomic E-state index is 0.0616. The number of rotatable bonds is 9. The summed E-state index contributed by atoms with van der Waals surface area (Å²) < 4.78 is 0. The summed E-state index contributed by atoms with van der Waals surface area (Å²) in [5.41, 5.74) is 2.09. The maximum absolute atomic E-state index is 12.5. The highest BCUT2D eigenvalue weighted by molar-refractivity contribution is 7.15. The van der Waals surface area contributed by atoms with Crippen molar-refractivity contribution in [2.45, 2.75) is 50.4 Å². The lowest BCUT2D eigenvalue weighted by atomic mass is 9.82. The van der Waals surface area contributed by atoms with Crippen LogP contribution in [0.15, 0.2) is 36.4 Å². The number of pyridine rings is 2. The van der Waals surface area contributed by atoms with Crippen LogP contribution < -0.4 is 10.6 Å². The molecule has 196 valence electrons. The topological polar surface area (TPSA) is 166 Å². The molecule has 0 aromatic carbocycles. The molecule has 0 saturated heterocycles. The van der Waals surface area contributed by atoms with Crippen LogP contribution in [0.25, 0.3) is 0 Å². The number of nitrogens with zero attached hydrogens (tertiary/aromatic N) is 8. The number of hydrogen-bond acceptors (Lipinski definition) is 12. The Labute approximate surface area is 233 Å². The highest BCUT2D eigenvalue weighted by Gasteiger charge is 2.29. The molecule has 2 N–H and O–H groups in total. The van der Waals surface area contributed by atoms with Crippen LogP contribution in [0.1, 0.15) is 70.3 Å². The first-order valence-corrected chi connectivity index (χ1v) is 14.2. The number of aromatic nitrogens is 6. The summed E-state index contributed by atoms with van der Waals surface area (Å²) in [6.45, 7) is 0.656. The quantitative estimate of drug-likeness (QED) is 0.305. The summed E-state index contributed by atoms with van der Waals surface area (Å²) in [5.74, 6) is 0.301. The molecule has 0 spiro atoms. The molecular weight excluding hydrogens is 532 g/mol. The highest BCUT2D eigenvalue weighted by atomic mass is 32.1. The van der Waals surface area contributed by atoms with Gasteiger partial charge in [-0.1, -0.05) is 41.2 Å². The predicted molar refractivity (Wildman–Crippen MR) is 146 cm³/mol. The van der Waals surface area contributed by atoms with E-state index < -0.39 is 0 Å². The van der Waals surface area contributed by atoms with E-state index in [1.165, 1.54) is 11.3 Å². The number of anilines is 2. The zero-order valence-corrected chi connectivity index (χ0v) is 22.5. The average Bonchev–Trinajstić information content (AvgIpc) is 3.63. The Morgan fingerprint density at radius 1 is 0.872 bits per heavy atom. The molecule has 0 bridgehead atoms. The summed E-state index contributed by atoms with van der Waals surface area (Å²) in [5, 5.41) is 44.6. The van der Waals surface area contributed by atoms with Crippen LogP contribution >= 0.6 is 22.7 Å². The van der Waals surface area contributed by atoms with E-state index in [1.807, 2.05) is 18.2 Å². The lowest BCUT2D eigenvalue weighted by Crippen LogP contribution is -2.15. The third-order valence-electron chi connectivity index (χ3n) is 6.34. The molecule has 4 aromatic rings. The van der Waals surface area contributed by atoms with Crippen LogP contribution in [0.4, 0.5) is 10.3 Å². The fourth-order valence-electron chi connectivity index (χ4n) is 4.51. The lowest BCUT2D eigenvalue weighted by molar-refractivity contribution is -0.115. The molecule has 4 aromatic heterocycles. The van der Waals surface area contributed by atoms with Crippen LogP contribution in [0, 0.1) is 22.7 Å². The Kier molecular flexibility index (Phi) is 8.41. The number of nitrogens with one attached hydrogen (secondary N) is 2. The number of hydrogen-bond donors (Lipinski definition) is 2. The van der Waals surface area contributed by atoms with Crippen molar-refractivity contribution in [3.8, 4) is 12.1 Å². The van der Waals surface area contributed by atoms with E-state index in [9.17, 15) is 4.79 Å². The molecule has 1 aliphatic rings. The fraction of sp³-hybridized carbons (Fsp3) is 0.346. The van der Waals surface area contributed by atoms with Crippen LogP contribution in [0.2, 0.25) is 0 Å². The first-order valence-electron chi connectivity index (χ1n) is 12.5. The van der Waals surface area contributed by atoms with Crippen molar-refractivity contribution >= 4 is 38.8 Å². The Bertz CT molecular complexity index is 1540. The van der Waals surface area contributed by atoms with Gasteiger partial charge in [-0.3, -0.25) is 4.79 Å².